The minimum Gasteiger partial charge on any atom is -0.495 e. The van der Waals surface area contributed by atoms with Gasteiger partial charge in [-0.05, 0) is 67.5 Å². The largest absolute Gasteiger partial charge is 0.495 e. The lowest BCUT2D eigenvalue weighted by Crippen LogP contribution is -2.26. The molecule has 0 fully saturated rings. The molecule has 0 atom stereocenters. The van der Waals surface area contributed by atoms with E-state index in [1.54, 1.807) is 7.11 Å². The van der Waals surface area contributed by atoms with Gasteiger partial charge in [0.1, 0.15) is 11.4 Å². The predicted molar refractivity (Wildman–Crippen MR) is 134 cm³/mol. The highest BCUT2D eigenvalue weighted by molar-refractivity contribution is 7.64. The van der Waals surface area contributed by atoms with Crippen molar-refractivity contribution < 1.29 is 4.74 Å². The van der Waals surface area contributed by atoms with Crippen molar-refractivity contribution in [2.45, 2.75) is 13.0 Å². The van der Waals surface area contributed by atoms with E-state index in [2.05, 4.69) is 88.8 Å². The van der Waals surface area contributed by atoms with Crippen molar-refractivity contribution in [3.63, 3.8) is 0 Å². The molecule has 32 heavy (non-hydrogen) atoms. The van der Waals surface area contributed by atoms with Gasteiger partial charge in [0.25, 0.3) is 0 Å². The van der Waals surface area contributed by atoms with E-state index in [1.807, 2.05) is 6.20 Å². The molecular weight excluding hydrogens is 417 g/mol. The van der Waals surface area contributed by atoms with E-state index in [1.165, 1.54) is 22.1 Å². The molecule has 0 unspecified atom stereocenters. The minimum absolute atomic E-state index is 0.240. The van der Waals surface area contributed by atoms with Gasteiger partial charge in [0, 0.05) is 30.9 Å². The highest BCUT2D eigenvalue weighted by atomic mass is 31.1. The van der Waals surface area contributed by atoms with Crippen molar-refractivity contribution in [2.75, 3.05) is 39.3 Å². The van der Waals surface area contributed by atoms with Crippen LogP contribution in [-0.2, 0) is 13.0 Å². The number of para-hydroxylation sites is 1. The SMILES string of the molecule is COc1cc2c(cc1Nc1ncc3ccn(-c4ccccc4P(C)C)c3n1)CN(C)CC2. The van der Waals surface area contributed by atoms with E-state index in [0.29, 0.717) is 5.95 Å². The first kappa shape index (κ1) is 20.9. The number of ether oxygens (including phenoxy) is 1. The fraction of sp³-hybridized carbons (Fsp3) is 0.280. The van der Waals surface area contributed by atoms with Crippen LogP contribution in [0.3, 0.4) is 0 Å². The number of nitrogens with zero attached hydrogens (tertiary/aromatic N) is 4. The summed E-state index contributed by atoms with van der Waals surface area (Å²) >= 11 is 0. The summed E-state index contributed by atoms with van der Waals surface area (Å²) in [6.07, 6.45) is 4.99. The molecule has 5 rings (SSSR count). The van der Waals surface area contributed by atoms with Gasteiger partial charge in [0.15, 0.2) is 0 Å². The number of likely N-dealkylation sites (N-methyl/N-ethyl adjacent to an activating group) is 1. The third kappa shape index (κ3) is 3.85. The van der Waals surface area contributed by atoms with Crippen LogP contribution in [0.5, 0.6) is 5.75 Å². The van der Waals surface area contributed by atoms with Crippen LogP contribution in [0, 0.1) is 0 Å². The second kappa shape index (κ2) is 8.53. The molecule has 164 valence electrons. The molecular formula is C25H28N5OP. The molecule has 6 nitrogen and oxygen atoms in total. The molecule has 7 heteroatoms. The van der Waals surface area contributed by atoms with Crippen LogP contribution >= 0.6 is 7.92 Å². The monoisotopic (exact) mass is 445 g/mol. The summed E-state index contributed by atoms with van der Waals surface area (Å²) in [5.74, 6) is 1.38. The lowest BCUT2D eigenvalue weighted by molar-refractivity contribution is 0.312. The summed E-state index contributed by atoms with van der Waals surface area (Å²) in [5.41, 5.74) is 5.63. The summed E-state index contributed by atoms with van der Waals surface area (Å²) in [6, 6.07) is 14.9. The number of rotatable bonds is 5. The molecule has 1 N–H and O–H groups in total. The molecule has 0 bridgehead atoms. The second-order valence-corrected chi connectivity index (χ2v) is 10.7. The molecule has 0 radical (unpaired) electrons. The Kier molecular flexibility index (Phi) is 5.58. The van der Waals surface area contributed by atoms with Gasteiger partial charge in [-0.2, -0.15) is 4.98 Å². The highest BCUT2D eigenvalue weighted by Crippen LogP contribution is 2.33. The Bertz CT molecular complexity index is 1280. The van der Waals surface area contributed by atoms with Crippen LogP contribution in [0.15, 0.2) is 54.9 Å². The van der Waals surface area contributed by atoms with Crippen LogP contribution in [0.4, 0.5) is 11.6 Å². The van der Waals surface area contributed by atoms with Crippen LogP contribution in [-0.4, -0.2) is 53.5 Å². The number of benzene rings is 2. The summed E-state index contributed by atoms with van der Waals surface area (Å²) in [6.45, 7) is 6.56. The number of hydrogen-bond acceptors (Lipinski definition) is 5. The van der Waals surface area contributed by atoms with E-state index in [4.69, 9.17) is 9.72 Å². The molecule has 2 aromatic carbocycles. The van der Waals surface area contributed by atoms with Gasteiger partial charge in [-0.3, -0.25) is 0 Å². The molecule has 0 amide bonds. The maximum absolute atomic E-state index is 5.68. The number of methoxy groups -OCH3 is 1. The lowest BCUT2D eigenvalue weighted by Gasteiger charge is -2.26. The number of fused-ring (bicyclic) bond motifs is 2. The van der Waals surface area contributed by atoms with Gasteiger partial charge in [-0.1, -0.05) is 26.1 Å². The van der Waals surface area contributed by atoms with Crippen molar-refractivity contribution >= 4 is 35.9 Å². The zero-order valence-electron chi connectivity index (χ0n) is 19.0. The first-order chi connectivity index (χ1) is 15.5. The van der Waals surface area contributed by atoms with Gasteiger partial charge >= 0.3 is 0 Å². The number of hydrogen-bond donors (Lipinski definition) is 1. The lowest BCUT2D eigenvalue weighted by atomic mass is 9.99. The third-order valence-corrected chi connectivity index (χ3v) is 7.36. The Morgan fingerprint density at radius 3 is 2.75 bits per heavy atom. The zero-order chi connectivity index (χ0) is 22.2. The number of anilines is 2. The topological polar surface area (TPSA) is 55.2 Å². The normalized spacial score (nSPS) is 14.0. The molecule has 3 heterocycles. The zero-order valence-corrected chi connectivity index (χ0v) is 19.9. The summed E-state index contributed by atoms with van der Waals surface area (Å²) in [5, 5.41) is 5.78. The third-order valence-electron chi connectivity index (χ3n) is 6.02. The Labute approximate surface area is 190 Å². The second-order valence-electron chi connectivity index (χ2n) is 8.48. The van der Waals surface area contributed by atoms with Gasteiger partial charge in [-0.15, -0.1) is 0 Å². The van der Waals surface area contributed by atoms with E-state index in [-0.39, 0.29) is 7.92 Å². The predicted octanol–water partition coefficient (Wildman–Crippen LogP) is 4.53. The van der Waals surface area contributed by atoms with E-state index in [9.17, 15) is 0 Å². The molecule has 4 aromatic rings. The molecule has 0 saturated carbocycles. The summed E-state index contributed by atoms with van der Waals surface area (Å²) in [4.78, 5) is 11.8. The van der Waals surface area contributed by atoms with Gasteiger partial charge < -0.3 is 19.5 Å². The van der Waals surface area contributed by atoms with Gasteiger partial charge in [0.2, 0.25) is 5.95 Å². The standard InChI is InChI=1S/C25H28N5OP/c1-29-11-9-17-14-22(31-2)20(13-19(17)16-29)27-25-26-15-18-10-12-30(24(18)28-25)21-7-5-6-8-23(21)32(3)4/h5-8,10,12-15H,9,11,16H2,1-4H3,(H,26,27,28). The first-order valence-corrected chi connectivity index (χ1v) is 13.0. The maximum atomic E-state index is 5.68. The molecule has 1 aliphatic heterocycles. The maximum Gasteiger partial charge on any atom is 0.229 e. The van der Waals surface area contributed by atoms with Crippen molar-refractivity contribution in [1.29, 1.82) is 0 Å². The number of nitrogens with one attached hydrogen (secondary N) is 1. The average Bonchev–Trinajstić information content (AvgIpc) is 3.21. The van der Waals surface area contributed by atoms with E-state index >= 15 is 0 Å². The Balaban J connectivity index is 1.55. The van der Waals surface area contributed by atoms with Crippen LogP contribution in [0.1, 0.15) is 11.1 Å². The van der Waals surface area contributed by atoms with Crippen LogP contribution < -0.4 is 15.4 Å². The van der Waals surface area contributed by atoms with E-state index in [0.717, 1.165) is 42.0 Å². The Morgan fingerprint density at radius 2 is 1.94 bits per heavy atom. The fourth-order valence-corrected chi connectivity index (χ4v) is 5.36. The smallest absolute Gasteiger partial charge is 0.229 e. The number of aromatic nitrogens is 3. The minimum atomic E-state index is -0.240. The van der Waals surface area contributed by atoms with Crippen LogP contribution in [0.25, 0.3) is 16.7 Å². The Hall–Kier alpha value is -2.95. The molecule has 0 saturated heterocycles. The molecule has 2 aromatic heterocycles. The van der Waals surface area contributed by atoms with Crippen LogP contribution in [0.2, 0.25) is 0 Å². The molecule has 1 aliphatic rings. The van der Waals surface area contributed by atoms with Crippen molar-refractivity contribution in [2.24, 2.45) is 0 Å². The quantitative estimate of drug-likeness (QED) is 0.458. The highest BCUT2D eigenvalue weighted by Gasteiger charge is 2.18. The molecule has 0 aliphatic carbocycles. The molecule has 0 spiro atoms. The van der Waals surface area contributed by atoms with Crippen molar-refractivity contribution in [1.82, 2.24) is 19.4 Å². The average molecular weight is 446 g/mol. The fourth-order valence-electron chi connectivity index (χ4n) is 4.33. The van der Waals surface area contributed by atoms with Crippen molar-refractivity contribution in [3.8, 4) is 11.4 Å². The van der Waals surface area contributed by atoms with Gasteiger partial charge in [-0.25, -0.2) is 4.98 Å². The Morgan fingerprint density at radius 1 is 1.09 bits per heavy atom. The summed E-state index contributed by atoms with van der Waals surface area (Å²) in [7, 11) is 3.62. The van der Waals surface area contributed by atoms with Crippen molar-refractivity contribution in [3.05, 3.63) is 66.0 Å². The summed E-state index contributed by atoms with van der Waals surface area (Å²) < 4.78 is 7.85. The van der Waals surface area contributed by atoms with E-state index < -0.39 is 0 Å². The van der Waals surface area contributed by atoms with Gasteiger partial charge in [0.05, 0.1) is 18.5 Å². The first-order valence-electron chi connectivity index (χ1n) is 10.8.